The van der Waals surface area contributed by atoms with Crippen LogP contribution in [-0.2, 0) is 7.05 Å². The lowest BCUT2D eigenvalue weighted by atomic mass is 10.6. The van der Waals surface area contributed by atoms with Gasteiger partial charge in [0.05, 0.1) is 0 Å². The third-order valence-electron chi connectivity index (χ3n) is 1.01. The number of aromatic nitrogens is 3. The van der Waals surface area contributed by atoms with E-state index in [4.69, 9.17) is 0 Å². The van der Waals surface area contributed by atoms with Gasteiger partial charge in [0.1, 0.15) is 6.33 Å². The fraction of sp³-hybridized carbons (Fsp3) is 0.667. The van der Waals surface area contributed by atoms with Gasteiger partial charge in [-0.3, -0.25) is 0 Å². The second-order valence-electron chi connectivity index (χ2n) is 2.39. The van der Waals surface area contributed by atoms with Gasteiger partial charge < -0.3 is 4.57 Å². The Morgan fingerprint density at radius 3 is 2.70 bits per heavy atom. The largest absolute Gasteiger partial charge is 0.312 e. The molecule has 0 spiro atoms. The van der Waals surface area contributed by atoms with E-state index >= 15 is 0 Å². The van der Waals surface area contributed by atoms with Crippen LogP contribution >= 0.6 is 11.8 Å². The van der Waals surface area contributed by atoms with Gasteiger partial charge in [0.15, 0.2) is 5.16 Å². The maximum Gasteiger partial charge on any atom is 0.190 e. The van der Waals surface area contributed by atoms with Crippen LogP contribution in [0.25, 0.3) is 0 Å². The van der Waals surface area contributed by atoms with Gasteiger partial charge in [-0.05, 0) is 0 Å². The highest BCUT2D eigenvalue weighted by molar-refractivity contribution is 7.99. The number of hydrogen-bond acceptors (Lipinski definition) is 3. The molecule has 0 aliphatic carbocycles. The Balaban J connectivity index is 2.65. The maximum atomic E-state index is 3.93. The maximum absolute atomic E-state index is 3.93. The molecule has 3 nitrogen and oxygen atoms in total. The highest BCUT2D eigenvalue weighted by atomic mass is 32.2. The Hall–Kier alpha value is -0.510. The van der Waals surface area contributed by atoms with Gasteiger partial charge in [0.25, 0.3) is 0 Å². The van der Waals surface area contributed by atoms with Crippen LogP contribution in [0.15, 0.2) is 11.5 Å². The van der Waals surface area contributed by atoms with E-state index in [0.717, 1.165) is 5.16 Å². The molecule has 0 N–H and O–H groups in total. The van der Waals surface area contributed by atoms with E-state index < -0.39 is 0 Å². The standard InChI is InChI=1S/C6H11N3S/c1-5(2)10-6-8-7-4-9(6)3/h4-5H,1-3H3. The zero-order valence-electron chi connectivity index (χ0n) is 6.40. The zero-order valence-corrected chi connectivity index (χ0v) is 7.22. The molecule has 1 heterocycles. The van der Waals surface area contributed by atoms with Crippen LogP contribution in [0.4, 0.5) is 0 Å². The highest BCUT2D eigenvalue weighted by Crippen LogP contribution is 2.18. The van der Waals surface area contributed by atoms with E-state index in [1.807, 2.05) is 11.6 Å². The topological polar surface area (TPSA) is 30.7 Å². The normalized spacial score (nSPS) is 10.8. The highest BCUT2D eigenvalue weighted by Gasteiger charge is 2.02. The van der Waals surface area contributed by atoms with Crippen molar-refractivity contribution in [3.8, 4) is 0 Å². The fourth-order valence-electron chi connectivity index (χ4n) is 0.590. The summed E-state index contributed by atoms with van der Waals surface area (Å²) in [5.74, 6) is 0. The van der Waals surface area contributed by atoms with Gasteiger partial charge in [0.2, 0.25) is 0 Å². The monoisotopic (exact) mass is 157 g/mol. The van der Waals surface area contributed by atoms with Crippen LogP contribution in [-0.4, -0.2) is 20.0 Å². The van der Waals surface area contributed by atoms with Gasteiger partial charge in [0, 0.05) is 12.3 Å². The van der Waals surface area contributed by atoms with Crippen LogP contribution in [0.3, 0.4) is 0 Å². The average molecular weight is 157 g/mol. The number of rotatable bonds is 2. The Kier molecular flexibility index (Phi) is 2.32. The van der Waals surface area contributed by atoms with Crippen molar-refractivity contribution in [2.24, 2.45) is 7.05 Å². The van der Waals surface area contributed by atoms with Gasteiger partial charge in [-0.1, -0.05) is 25.6 Å². The van der Waals surface area contributed by atoms with Crippen molar-refractivity contribution in [2.75, 3.05) is 0 Å². The number of aryl methyl sites for hydroxylation is 1. The molecule has 0 aliphatic heterocycles. The summed E-state index contributed by atoms with van der Waals surface area (Å²) in [5, 5.41) is 9.25. The second-order valence-corrected chi connectivity index (χ2v) is 3.93. The number of thioether (sulfide) groups is 1. The molecule has 0 saturated heterocycles. The van der Waals surface area contributed by atoms with Crippen molar-refractivity contribution < 1.29 is 0 Å². The Morgan fingerprint density at radius 1 is 1.60 bits per heavy atom. The molecule has 0 bridgehead atoms. The minimum Gasteiger partial charge on any atom is -0.312 e. The minimum absolute atomic E-state index is 0.572. The first-order valence-electron chi connectivity index (χ1n) is 3.21. The van der Waals surface area contributed by atoms with Crippen LogP contribution in [0, 0.1) is 0 Å². The summed E-state index contributed by atoms with van der Waals surface area (Å²) in [6.45, 7) is 4.28. The quantitative estimate of drug-likeness (QED) is 0.606. The van der Waals surface area contributed by atoms with E-state index in [2.05, 4.69) is 24.0 Å². The van der Waals surface area contributed by atoms with Crippen LogP contribution in [0.2, 0.25) is 0 Å². The van der Waals surface area contributed by atoms with Crippen LogP contribution in [0.1, 0.15) is 13.8 Å². The van der Waals surface area contributed by atoms with Crippen molar-refractivity contribution >= 4 is 11.8 Å². The molecule has 0 aliphatic rings. The van der Waals surface area contributed by atoms with E-state index in [-0.39, 0.29) is 0 Å². The Bertz CT molecular complexity index is 207. The summed E-state index contributed by atoms with van der Waals surface area (Å²) in [5.41, 5.74) is 0. The lowest BCUT2D eigenvalue weighted by Crippen LogP contribution is -1.93. The van der Waals surface area contributed by atoms with E-state index in [1.54, 1.807) is 18.1 Å². The molecule has 4 heteroatoms. The summed E-state index contributed by atoms with van der Waals surface area (Å²) < 4.78 is 1.92. The first kappa shape index (κ1) is 7.60. The molecule has 56 valence electrons. The summed E-state index contributed by atoms with van der Waals surface area (Å²) in [6.07, 6.45) is 1.71. The summed E-state index contributed by atoms with van der Waals surface area (Å²) in [7, 11) is 1.95. The first-order valence-corrected chi connectivity index (χ1v) is 4.09. The Labute approximate surface area is 64.8 Å². The predicted molar refractivity (Wildman–Crippen MR) is 42.0 cm³/mol. The van der Waals surface area contributed by atoms with Crippen LogP contribution < -0.4 is 0 Å². The first-order chi connectivity index (χ1) is 4.70. The molecule has 0 saturated carbocycles. The third-order valence-corrected chi connectivity index (χ3v) is 2.06. The van der Waals surface area contributed by atoms with Gasteiger partial charge >= 0.3 is 0 Å². The minimum atomic E-state index is 0.572. The SMILES string of the molecule is CC(C)Sc1nncn1C. The molecule has 1 rings (SSSR count). The smallest absolute Gasteiger partial charge is 0.190 e. The van der Waals surface area contributed by atoms with Crippen molar-refractivity contribution in [3.63, 3.8) is 0 Å². The molecule has 0 atom stereocenters. The van der Waals surface area contributed by atoms with Gasteiger partial charge in [-0.15, -0.1) is 10.2 Å². The van der Waals surface area contributed by atoms with Gasteiger partial charge in [-0.25, -0.2) is 0 Å². The van der Waals surface area contributed by atoms with E-state index in [1.165, 1.54) is 0 Å². The van der Waals surface area contributed by atoms with Crippen molar-refractivity contribution in [1.29, 1.82) is 0 Å². The van der Waals surface area contributed by atoms with E-state index in [0.29, 0.717) is 5.25 Å². The van der Waals surface area contributed by atoms with Crippen molar-refractivity contribution in [3.05, 3.63) is 6.33 Å². The average Bonchev–Trinajstić information content (AvgIpc) is 2.15. The summed E-state index contributed by atoms with van der Waals surface area (Å²) >= 11 is 1.72. The molecule has 0 fully saturated rings. The molecule has 10 heavy (non-hydrogen) atoms. The van der Waals surface area contributed by atoms with Crippen LogP contribution in [0.5, 0.6) is 0 Å². The predicted octanol–water partition coefficient (Wildman–Crippen LogP) is 1.32. The van der Waals surface area contributed by atoms with Crippen molar-refractivity contribution in [2.45, 2.75) is 24.3 Å². The second kappa shape index (κ2) is 3.05. The van der Waals surface area contributed by atoms with Gasteiger partial charge in [-0.2, -0.15) is 0 Å². The molecular weight excluding hydrogens is 146 g/mol. The van der Waals surface area contributed by atoms with Crippen molar-refractivity contribution in [1.82, 2.24) is 14.8 Å². The molecule has 0 radical (unpaired) electrons. The summed E-state index contributed by atoms with van der Waals surface area (Å²) in [6, 6.07) is 0. The Morgan fingerprint density at radius 2 is 2.30 bits per heavy atom. The lowest BCUT2D eigenvalue weighted by molar-refractivity contribution is 0.785. The molecule has 0 amide bonds. The lowest BCUT2D eigenvalue weighted by Gasteiger charge is -2.01. The molecule has 0 aromatic carbocycles. The number of hydrogen-bond donors (Lipinski definition) is 0. The van der Waals surface area contributed by atoms with E-state index in [9.17, 15) is 0 Å². The summed E-state index contributed by atoms with van der Waals surface area (Å²) in [4.78, 5) is 0. The third kappa shape index (κ3) is 1.73. The number of nitrogens with zero attached hydrogens (tertiary/aromatic N) is 3. The zero-order chi connectivity index (χ0) is 7.56. The molecular formula is C6H11N3S. The fourth-order valence-corrected chi connectivity index (χ4v) is 1.32. The molecule has 0 unspecified atom stereocenters. The molecule has 1 aromatic heterocycles. The molecule has 1 aromatic rings.